The van der Waals surface area contributed by atoms with Crippen LogP contribution in [-0.4, -0.2) is 36.9 Å². The summed E-state index contributed by atoms with van der Waals surface area (Å²) in [6.07, 6.45) is 2.86. The second-order valence-electron chi connectivity index (χ2n) is 5.23. The van der Waals surface area contributed by atoms with Gasteiger partial charge in [-0.05, 0) is 59.5 Å². The monoisotopic (exact) mass is 423 g/mol. The molecule has 1 aliphatic rings. The lowest BCUT2D eigenvalue weighted by molar-refractivity contribution is 0.0695. The summed E-state index contributed by atoms with van der Waals surface area (Å²) in [6, 6.07) is 4.28. The third-order valence-electron chi connectivity index (χ3n) is 3.87. The summed E-state index contributed by atoms with van der Waals surface area (Å²) >= 11 is 1.89. The van der Waals surface area contributed by atoms with Crippen molar-refractivity contribution in [3.05, 3.63) is 27.3 Å². The number of aromatic carboxylic acids is 1. The Morgan fingerprint density at radius 1 is 1.48 bits per heavy atom. The highest BCUT2D eigenvalue weighted by Crippen LogP contribution is 2.26. The third kappa shape index (κ3) is 3.57. The smallest absolute Gasteiger partial charge is 0.336 e. The van der Waals surface area contributed by atoms with Crippen LogP contribution >= 0.6 is 22.6 Å². The summed E-state index contributed by atoms with van der Waals surface area (Å²) in [7, 11) is -3.61. The van der Waals surface area contributed by atoms with Crippen molar-refractivity contribution in [3.8, 4) is 0 Å². The Bertz CT molecular complexity index is 644. The van der Waals surface area contributed by atoms with Gasteiger partial charge in [-0.1, -0.05) is 13.3 Å². The van der Waals surface area contributed by atoms with E-state index in [1.165, 1.54) is 22.5 Å². The molecule has 1 saturated heterocycles. The van der Waals surface area contributed by atoms with Crippen LogP contribution in [0.4, 0.5) is 0 Å². The molecule has 0 saturated carbocycles. The molecule has 0 bridgehead atoms. The van der Waals surface area contributed by atoms with Crippen molar-refractivity contribution >= 4 is 38.6 Å². The summed E-state index contributed by atoms with van der Waals surface area (Å²) in [5, 5.41) is 9.13. The van der Waals surface area contributed by atoms with E-state index >= 15 is 0 Å². The zero-order chi connectivity index (χ0) is 15.6. The summed E-state index contributed by atoms with van der Waals surface area (Å²) in [6.45, 7) is 3.09. The van der Waals surface area contributed by atoms with Gasteiger partial charge in [0, 0.05) is 16.7 Å². The van der Waals surface area contributed by atoms with Gasteiger partial charge in [0.25, 0.3) is 0 Å². The standard InChI is InChI=1S/C14H18INO4S/c1-2-10-4-3-7-16(9-10)21(19,20)11-5-6-13(15)12(8-11)14(17)18/h5-6,8,10H,2-4,7,9H2,1H3,(H,17,18). The maximum Gasteiger partial charge on any atom is 0.336 e. The summed E-state index contributed by atoms with van der Waals surface area (Å²) in [5.74, 6) is -0.724. The molecule has 1 aliphatic heterocycles. The lowest BCUT2D eigenvalue weighted by Crippen LogP contribution is -2.39. The molecule has 0 aromatic heterocycles. The first-order chi connectivity index (χ1) is 9.86. The highest BCUT2D eigenvalue weighted by atomic mass is 127. The molecule has 5 nitrogen and oxygen atoms in total. The minimum atomic E-state index is -3.61. The van der Waals surface area contributed by atoms with Crippen LogP contribution in [0.2, 0.25) is 0 Å². The van der Waals surface area contributed by atoms with Crippen LogP contribution < -0.4 is 0 Å². The van der Waals surface area contributed by atoms with E-state index in [2.05, 4.69) is 6.92 Å². The van der Waals surface area contributed by atoms with E-state index in [0.29, 0.717) is 22.6 Å². The number of halogens is 1. The van der Waals surface area contributed by atoms with E-state index in [1.807, 2.05) is 22.6 Å². The third-order valence-corrected chi connectivity index (χ3v) is 6.67. The highest BCUT2D eigenvalue weighted by Gasteiger charge is 2.30. The summed E-state index contributed by atoms with van der Waals surface area (Å²) in [5.41, 5.74) is 0.0284. The van der Waals surface area contributed by atoms with Gasteiger partial charge in [0.05, 0.1) is 10.5 Å². The minimum Gasteiger partial charge on any atom is -0.478 e. The van der Waals surface area contributed by atoms with E-state index in [1.54, 1.807) is 0 Å². The van der Waals surface area contributed by atoms with Gasteiger partial charge in [0.15, 0.2) is 0 Å². The van der Waals surface area contributed by atoms with Gasteiger partial charge in [-0.25, -0.2) is 13.2 Å². The minimum absolute atomic E-state index is 0.0284. The predicted octanol–water partition coefficient (Wildman–Crippen LogP) is 2.80. The Balaban J connectivity index is 2.35. The summed E-state index contributed by atoms with van der Waals surface area (Å²) in [4.78, 5) is 11.2. The number of carboxylic acids is 1. The van der Waals surface area contributed by atoms with Crippen molar-refractivity contribution < 1.29 is 18.3 Å². The van der Waals surface area contributed by atoms with Gasteiger partial charge in [-0.15, -0.1) is 0 Å². The summed E-state index contributed by atoms with van der Waals surface area (Å²) < 4.78 is 27.3. The van der Waals surface area contributed by atoms with Crippen LogP contribution in [0.25, 0.3) is 0 Å². The van der Waals surface area contributed by atoms with Gasteiger partial charge in [0.1, 0.15) is 0 Å². The number of benzene rings is 1. The second-order valence-corrected chi connectivity index (χ2v) is 8.33. The fourth-order valence-electron chi connectivity index (χ4n) is 2.56. The number of sulfonamides is 1. The van der Waals surface area contributed by atoms with Gasteiger partial charge in [0.2, 0.25) is 10.0 Å². The number of hydrogen-bond acceptors (Lipinski definition) is 3. The number of hydrogen-bond donors (Lipinski definition) is 1. The molecule has 1 aromatic rings. The van der Waals surface area contributed by atoms with E-state index in [-0.39, 0.29) is 10.5 Å². The van der Waals surface area contributed by atoms with Crippen LogP contribution in [0.3, 0.4) is 0 Å². The fourth-order valence-corrected chi connectivity index (χ4v) is 4.70. The van der Waals surface area contributed by atoms with E-state index < -0.39 is 16.0 Å². The molecule has 1 aromatic carbocycles. The maximum atomic E-state index is 12.7. The van der Waals surface area contributed by atoms with Gasteiger partial charge in [-0.3, -0.25) is 0 Å². The normalized spacial score (nSPS) is 20.4. The van der Waals surface area contributed by atoms with Crippen LogP contribution in [0, 0.1) is 9.49 Å². The molecule has 116 valence electrons. The Labute approximate surface area is 138 Å². The Hall–Kier alpha value is -0.670. The number of rotatable bonds is 4. The largest absolute Gasteiger partial charge is 0.478 e. The Morgan fingerprint density at radius 3 is 2.81 bits per heavy atom. The first-order valence-electron chi connectivity index (χ1n) is 6.89. The zero-order valence-electron chi connectivity index (χ0n) is 11.8. The number of nitrogens with zero attached hydrogens (tertiary/aromatic N) is 1. The average Bonchev–Trinajstić information content (AvgIpc) is 2.47. The number of carboxylic acid groups (broad SMARTS) is 1. The maximum absolute atomic E-state index is 12.7. The second kappa shape index (κ2) is 6.62. The van der Waals surface area contributed by atoms with Crippen LogP contribution in [0.15, 0.2) is 23.1 Å². The first kappa shape index (κ1) is 16.7. The van der Waals surface area contributed by atoms with Crippen LogP contribution in [0.5, 0.6) is 0 Å². The molecule has 1 N–H and O–H groups in total. The van der Waals surface area contributed by atoms with Gasteiger partial charge >= 0.3 is 5.97 Å². The van der Waals surface area contributed by atoms with E-state index in [9.17, 15) is 13.2 Å². The van der Waals surface area contributed by atoms with Crippen molar-refractivity contribution in [2.24, 2.45) is 5.92 Å². The molecule has 0 aliphatic carbocycles. The van der Waals surface area contributed by atoms with Crippen molar-refractivity contribution in [3.63, 3.8) is 0 Å². The number of piperidine rings is 1. The zero-order valence-corrected chi connectivity index (χ0v) is 14.7. The van der Waals surface area contributed by atoms with Crippen LogP contribution in [0.1, 0.15) is 36.5 Å². The van der Waals surface area contributed by atoms with Crippen molar-refractivity contribution in [1.29, 1.82) is 0 Å². The molecule has 1 fully saturated rings. The van der Waals surface area contributed by atoms with Crippen LogP contribution in [-0.2, 0) is 10.0 Å². The molecule has 21 heavy (non-hydrogen) atoms. The van der Waals surface area contributed by atoms with E-state index in [0.717, 1.165) is 19.3 Å². The highest BCUT2D eigenvalue weighted by molar-refractivity contribution is 14.1. The molecule has 0 radical (unpaired) electrons. The van der Waals surface area contributed by atoms with Gasteiger partial charge in [-0.2, -0.15) is 4.31 Å². The molecule has 0 amide bonds. The fraction of sp³-hybridized carbons (Fsp3) is 0.500. The first-order valence-corrected chi connectivity index (χ1v) is 9.41. The molecule has 1 heterocycles. The Kier molecular flexibility index (Phi) is 5.26. The van der Waals surface area contributed by atoms with E-state index in [4.69, 9.17) is 5.11 Å². The van der Waals surface area contributed by atoms with Crippen molar-refractivity contribution in [1.82, 2.24) is 4.31 Å². The lowest BCUT2D eigenvalue weighted by Gasteiger charge is -2.31. The topological polar surface area (TPSA) is 74.7 Å². The molecule has 7 heteroatoms. The predicted molar refractivity (Wildman–Crippen MR) is 87.9 cm³/mol. The molecular formula is C14H18INO4S. The Morgan fingerprint density at radius 2 is 2.19 bits per heavy atom. The molecule has 1 unspecified atom stereocenters. The molecule has 1 atom stereocenters. The molecule has 2 rings (SSSR count). The molecular weight excluding hydrogens is 405 g/mol. The van der Waals surface area contributed by atoms with Crippen molar-refractivity contribution in [2.45, 2.75) is 31.1 Å². The van der Waals surface area contributed by atoms with Crippen molar-refractivity contribution in [2.75, 3.05) is 13.1 Å². The quantitative estimate of drug-likeness (QED) is 0.756. The SMILES string of the molecule is CCC1CCCN(S(=O)(=O)c2ccc(I)c(C(=O)O)c2)C1. The average molecular weight is 423 g/mol. The van der Waals surface area contributed by atoms with Gasteiger partial charge < -0.3 is 5.11 Å². The number of carbonyl (C=O) groups is 1. The lowest BCUT2D eigenvalue weighted by atomic mass is 9.97. The molecule has 0 spiro atoms.